The molecule has 4 heteroatoms. The van der Waals surface area contributed by atoms with Gasteiger partial charge in [-0.2, -0.15) is 0 Å². The summed E-state index contributed by atoms with van der Waals surface area (Å²) in [4.78, 5) is 14.7. The van der Waals surface area contributed by atoms with Crippen LogP contribution in [-0.2, 0) is 9.53 Å². The Morgan fingerprint density at radius 1 is 1.42 bits per heavy atom. The van der Waals surface area contributed by atoms with Crippen molar-refractivity contribution in [3.05, 3.63) is 0 Å². The Morgan fingerprint density at radius 2 is 2.26 bits per heavy atom. The SMILES string of the molecule is CCCN(CC1CCCNC1)C(=O)C1CCOC1C. The molecule has 2 aliphatic heterocycles. The molecule has 3 unspecified atom stereocenters. The molecule has 0 aliphatic carbocycles. The molecule has 0 spiro atoms. The lowest BCUT2D eigenvalue weighted by atomic mass is 9.96. The number of rotatable bonds is 5. The Morgan fingerprint density at radius 3 is 2.84 bits per heavy atom. The zero-order valence-corrected chi connectivity index (χ0v) is 12.4. The minimum atomic E-state index is 0.0862. The van der Waals surface area contributed by atoms with E-state index in [0.29, 0.717) is 11.8 Å². The molecule has 0 aromatic carbocycles. The van der Waals surface area contributed by atoms with Crippen molar-refractivity contribution >= 4 is 5.91 Å². The molecule has 2 rings (SSSR count). The summed E-state index contributed by atoms with van der Waals surface area (Å²) in [6, 6.07) is 0. The summed E-state index contributed by atoms with van der Waals surface area (Å²) in [7, 11) is 0. The van der Waals surface area contributed by atoms with E-state index in [1.807, 2.05) is 6.92 Å². The quantitative estimate of drug-likeness (QED) is 0.824. The van der Waals surface area contributed by atoms with Crippen LogP contribution in [0.1, 0.15) is 39.5 Å². The maximum Gasteiger partial charge on any atom is 0.228 e. The van der Waals surface area contributed by atoms with E-state index in [1.54, 1.807) is 0 Å². The van der Waals surface area contributed by atoms with Crippen LogP contribution in [0.15, 0.2) is 0 Å². The highest BCUT2D eigenvalue weighted by atomic mass is 16.5. The van der Waals surface area contributed by atoms with Gasteiger partial charge in [0.05, 0.1) is 12.0 Å². The second kappa shape index (κ2) is 7.25. The van der Waals surface area contributed by atoms with Crippen molar-refractivity contribution in [1.82, 2.24) is 10.2 Å². The summed E-state index contributed by atoms with van der Waals surface area (Å²) in [5.74, 6) is 1.03. The van der Waals surface area contributed by atoms with Crippen LogP contribution in [0.25, 0.3) is 0 Å². The molecule has 0 aromatic heterocycles. The van der Waals surface area contributed by atoms with Crippen molar-refractivity contribution in [2.75, 3.05) is 32.8 Å². The number of hydrogen-bond donors (Lipinski definition) is 1. The second-order valence-electron chi connectivity index (χ2n) is 5.97. The van der Waals surface area contributed by atoms with Gasteiger partial charge in [0, 0.05) is 19.7 Å². The summed E-state index contributed by atoms with van der Waals surface area (Å²) in [5.41, 5.74) is 0. The van der Waals surface area contributed by atoms with Crippen LogP contribution in [0.2, 0.25) is 0 Å². The fraction of sp³-hybridized carbons (Fsp3) is 0.933. The van der Waals surface area contributed by atoms with Gasteiger partial charge < -0.3 is 15.0 Å². The first-order chi connectivity index (χ1) is 9.22. The third-order valence-electron chi connectivity index (χ3n) is 4.38. The van der Waals surface area contributed by atoms with Gasteiger partial charge in [-0.05, 0) is 51.6 Å². The van der Waals surface area contributed by atoms with Crippen molar-refractivity contribution in [2.24, 2.45) is 11.8 Å². The van der Waals surface area contributed by atoms with E-state index in [1.165, 1.54) is 12.8 Å². The van der Waals surface area contributed by atoms with Gasteiger partial charge in [0.2, 0.25) is 5.91 Å². The number of nitrogens with zero attached hydrogens (tertiary/aromatic N) is 1. The van der Waals surface area contributed by atoms with E-state index in [0.717, 1.165) is 45.6 Å². The maximum atomic E-state index is 12.6. The average molecular weight is 268 g/mol. The molecule has 2 saturated heterocycles. The molecule has 0 bridgehead atoms. The second-order valence-corrected chi connectivity index (χ2v) is 5.97. The zero-order valence-electron chi connectivity index (χ0n) is 12.4. The molecule has 4 nitrogen and oxygen atoms in total. The fourth-order valence-corrected chi connectivity index (χ4v) is 3.24. The van der Waals surface area contributed by atoms with E-state index in [4.69, 9.17) is 4.74 Å². The van der Waals surface area contributed by atoms with Crippen molar-refractivity contribution in [3.8, 4) is 0 Å². The highest BCUT2D eigenvalue weighted by Crippen LogP contribution is 2.24. The Bertz CT molecular complexity index is 290. The molecule has 0 aromatic rings. The Labute approximate surface area is 116 Å². The van der Waals surface area contributed by atoms with E-state index >= 15 is 0 Å². The Balaban J connectivity index is 1.91. The lowest BCUT2D eigenvalue weighted by Gasteiger charge is -2.32. The van der Waals surface area contributed by atoms with Gasteiger partial charge in [0.25, 0.3) is 0 Å². The number of nitrogens with one attached hydrogen (secondary N) is 1. The fourth-order valence-electron chi connectivity index (χ4n) is 3.24. The topological polar surface area (TPSA) is 41.6 Å². The zero-order chi connectivity index (χ0) is 13.7. The Kier molecular flexibility index (Phi) is 5.64. The van der Waals surface area contributed by atoms with Gasteiger partial charge >= 0.3 is 0 Å². The molecular weight excluding hydrogens is 240 g/mol. The molecule has 1 amide bonds. The van der Waals surface area contributed by atoms with Gasteiger partial charge in [-0.1, -0.05) is 6.92 Å². The number of carbonyl (C=O) groups excluding carboxylic acids is 1. The molecule has 2 fully saturated rings. The van der Waals surface area contributed by atoms with Gasteiger partial charge in [-0.3, -0.25) is 4.79 Å². The van der Waals surface area contributed by atoms with Crippen LogP contribution in [-0.4, -0.2) is 49.7 Å². The first kappa shape index (κ1) is 14.8. The standard InChI is InChI=1S/C15H28N2O2/c1-3-8-17(11-13-5-4-7-16-10-13)15(18)14-6-9-19-12(14)2/h12-14,16H,3-11H2,1-2H3. The third-order valence-corrected chi connectivity index (χ3v) is 4.38. The third kappa shape index (κ3) is 3.93. The van der Waals surface area contributed by atoms with Gasteiger partial charge in [0.15, 0.2) is 0 Å². The van der Waals surface area contributed by atoms with Crippen LogP contribution in [0, 0.1) is 11.8 Å². The van der Waals surface area contributed by atoms with Crippen LogP contribution >= 0.6 is 0 Å². The summed E-state index contributed by atoms with van der Waals surface area (Å²) in [5, 5.41) is 3.44. The smallest absolute Gasteiger partial charge is 0.228 e. The molecule has 19 heavy (non-hydrogen) atoms. The molecule has 0 saturated carbocycles. The number of carbonyl (C=O) groups is 1. The number of ether oxygens (including phenoxy) is 1. The van der Waals surface area contributed by atoms with Crippen LogP contribution in [0.3, 0.4) is 0 Å². The monoisotopic (exact) mass is 268 g/mol. The van der Waals surface area contributed by atoms with Gasteiger partial charge in [-0.15, -0.1) is 0 Å². The number of hydrogen-bond acceptors (Lipinski definition) is 3. The van der Waals surface area contributed by atoms with Gasteiger partial charge in [0.1, 0.15) is 0 Å². The van der Waals surface area contributed by atoms with E-state index in [-0.39, 0.29) is 12.0 Å². The molecule has 110 valence electrons. The van der Waals surface area contributed by atoms with Crippen molar-refractivity contribution in [1.29, 1.82) is 0 Å². The lowest BCUT2D eigenvalue weighted by Crippen LogP contribution is -2.44. The predicted octanol–water partition coefficient (Wildman–Crippen LogP) is 1.65. The molecule has 3 atom stereocenters. The minimum absolute atomic E-state index is 0.0862. The average Bonchev–Trinajstić information content (AvgIpc) is 2.85. The molecule has 0 radical (unpaired) electrons. The summed E-state index contributed by atoms with van der Waals surface area (Å²) >= 11 is 0. The molecular formula is C15H28N2O2. The minimum Gasteiger partial charge on any atom is -0.378 e. The Hall–Kier alpha value is -0.610. The van der Waals surface area contributed by atoms with E-state index in [9.17, 15) is 4.79 Å². The highest BCUT2D eigenvalue weighted by molar-refractivity contribution is 5.79. The highest BCUT2D eigenvalue weighted by Gasteiger charge is 2.34. The van der Waals surface area contributed by atoms with Crippen LogP contribution in [0.4, 0.5) is 0 Å². The van der Waals surface area contributed by atoms with Crippen molar-refractivity contribution in [2.45, 2.75) is 45.6 Å². The largest absolute Gasteiger partial charge is 0.378 e. The summed E-state index contributed by atoms with van der Waals surface area (Å²) in [6.07, 6.45) is 4.51. The van der Waals surface area contributed by atoms with E-state index in [2.05, 4.69) is 17.1 Å². The van der Waals surface area contributed by atoms with Crippen molar-refractivity contribution < 1.29 is 9.53 Å². The molecule has 2 heterocycles. The van der Waals surface area contributed by atoms with Crippen LogP contribution in [0.5, 0.6) is 0 Å². The summed E-state index contributed by atoms with van der Waals surface area (Å²) < 4.78 is 5.54. The van der Waals surface area contributed by atoms with E-state index < -0.39 is 0 Å². The lowest BCUT2D eigenvalue weighted by molar-refractivity contribution is -0.137. The number of piperidine rings is 1. The first-order valence-electron chi connectivity index (χ1n) is 7.83. The first-order valence-corrected chi connectivity index (χ1v) is 7.83. The summed E-state index contributed by atoms with van der Waals surface area (Å²) in [6.45, 7) is 8.91. The maximum absolute atomic E-state index is 12.6. The molecule has 1 N–H and O–H groups in total. The molecule has 2 aliphatic rings. The van der Waals surface area contributed by atoms with Crippen LogP contribution < -0.4 is 5.32 Å². The normalized spacial score (nSPS) is 31.4. The number of amides is 1. The van der Waals surface area contributed by atoms with Crippen molar-refractivity contribution in [3.63, 3.8) is 0 Å². The predicted molar refractivity (Wildman–Crippen MR) is 76.0 cm³/mol. The van der Waals surface area contributed by atoms with Gasteiger partial charge in [-0.25, -0.2) is 0 Å².